The van der Waals surface area contributed by atoms with E-state index in [1.807, 2.05) is 19.9 Å². The van der Waals surface area contributed by atoms with E-state index in [0.29, 0.717) is 0 Å². The van der Waals surface area contributed by atoms with Gasteiger partial charge in [0.2, 0.25) is 0 Å². The standard InChI is InChI=1S/C11H13FN2/c1-6-3-9(12)4-8-5-10(7(2)13)14-11(6)8/h3-5,7,14H,13H2,1-2H3. The van der Waals surface area contributed by atoms with Crippen LogP contribution in [0.2, 0.25) is 0 Å². The molecule has 1 unspecified atom stereocenters. The van der Waals surface area contributed by atoms with Crippen LogP contribution < -0.4 is 5.73 Å². The van der Waals surface area contributed by atoms with Crippen LogP contribution in [0.1, 0.15) is 24.2 Å². The highest BCUT2D eigenvalue weighted by molar-refractivity contribution is 5.83. The molecule has 0 saturated heterocycles. The molecule has 0 bridgehead atoms. The number of benzene rings is 1. The number of aromatic nitrogens is 1. The van der Waals surface area contributed by atoms with Gasteiger partial charge in [-0.25, -0.2) is 4.39 Å². The minimum Gasteiger partial charge on any atom is -0.357 e. The molecule has 1 aromatic carbocycles. The average Bonchev–Trinajstić information content (AvgIpc) is 2.47. The molecule has 0 aliphatic heterocycles. The summed E-state index contributed by atoms with van der Waals surface area (Å²) in [5, 5.41) is 0.884. The summed E-state index contributed by atoms with van der Waals surface area (Å²) in [6.07, 6.45) is 0. The van der Waals surface area contributed by atoms with Crippen molar-refractivity contribution in [2.75, 3.05) is 0 Å². The monoisotopic (exact) mass is 192 g/mol. The van der Waals surface area contributed by atoms with Crippen LogP contribution in [0.4, 0.5) is 4.39 Å². The Hall–Kier alpha value is -1.35. The number of hydrogen-bond donors (Lipinski definition) is 2. The lowest BCUT2D eigenvalue weighted by Crippen LogP contribution is -2.04. The number of aromatic amines is 1. The summed E-state index contributed by atoms with van der Waals surface area (Å²) < 4.78 is 13.1. The lowest BCUT2D eigenvalue weighted by Gasteiger charge is -1.99. The molecule has 0 fully saturated rings. The molecule has 14 heavy (non-hydrogen) atoms. The molecule has 2 rings (SSSR count). The Bertz CT molecular complexity index is 471. The first-order valence-corrected chi connectivity index (χ1v) is 4.62. The highest BCUT2D eigenvalue weighted by atomic mass is 19.1. The van der Waals surface area contributed by atoms with E-state index in [4.69, 9.17) is 5.73 Å². The third kappa shape index (κ3) is 1.40. The fraction of sp³-hybridized carbons (Fsp3) is 0.273. The Morgan fingerprint density at radius 3 is 2.71 bits per heavy atom. The van der Waals surface area contributed by atoms with Crippen molar-refractivity contribution in [1.82, 2.24) is 4.98 Å². The van der Waals surface area contributed by atoms with Crippen molar-refractivity contribution < 1.29 is 4.39 Å². The first kappa shape index (κ1) is 9.21. The maximum absolute atomic E-state index is 13.1. The van der Waals surface area contributed by atoms with E-state index in [9.17, 15) is 4.39 Å². The van der Waals surface area contributed by atoms with Crippen molar-refractivity contribution in [2.45, 2.75) is 19.9 Å². The molecule has 2 nitrogen and oxygen atoms in total. The molecule has 1 heterocycles. The van der Waals surface area contributed by atoms with Crippen LogP contribution in [0, 0.1) is 12.7 Å². The summed E-state index contributed by atoms with van der Waals surface area (Å²) in [5.41, 5.74) is 8.56. The third-order valence-corrected chi connectivity index (χ3v) is 2.40. The molecular weight excluding hydrogens is 179 g/mol. The van der Waals surface area contributed by atoms with Crippen molar-refractivity contribution in [3.63, 3.8) is 0 Å². The fourth-order valence-electron chi connectivity index (χ4n) is 1.65. The Labute approximate surface area is 81.9 Å². The molecule has 3 heteroatoms. The van der Waals surface area contributed by atoms with Crippen molar-refractivity contribution >= 4 is 10.9 Å². The molecule has 0 aliphatic carbocycles. The quantitative estimate of drug-likeness (QED) is 0.716. The van der Waals surface area contributed by atoms with Gasteiger partial charge in [0.05, 0.1) is 0 Å². The van der Waals surface area contributed by atoms with Crippen LogP contribution in [-0.4, -0.2) is 4.98 Å². The molecule has 2 aromatic rings. The highest BCUT2D eigenvalue weighted by Crippen LogP contribution is 2.22. The SMILES string of the molecule is Cc1cc(F)cc2cc(C(C)N)[nH]c12. The lowest BCUT2D eigenvalue weighted by atomic mass is 10.1. The maximum atomic E-state index is 13.1. The molecule has 0 spiro atoms. The van der Waals surface area contributed by atoms with Gasteiger partial charge in [0.1, 0.15) is 5.82 Å². The zero-order valence-electron chi connectivity index (χ0n) is 8.26. The topological polar surface area (TPSA) is 41.8 Å². The molecule has 0 radical (unpaired) electrons. The van der Waals surface area contributed by atoms with E-state index in [0.717, 1.165) is 22.2 Å². The molecule has 1 atom stereocenters. The normalized spacial score (nSPS) is 13.4. The van der Waals surface area contributed by atoms with E-state index in [1.165, 1.54) is 12.1 Å². The van der Waals surface area contributed by atoms with Gasteiger partial charge in [0.25, 0.3) is 0 Å². The van der Waals surface area contributed by atoms with Crippen LogP contribution in [0.15, 0.2) is 18.2 Å². The van der Waals surface area contributed by atoms with Gasteiger partial charge >= 0.3 is 0 Å². The number of fused-ring (bicyclic) bond motifs is 1. The number of nitrogens with two attached hydrogens (primary N) is 1. The summed E-state index contributed by atoms with van der Waals surface area (Å²) >= 11 is 0. The molecule has 1 aromatic heterocycles. The number of H-pyrrole nitrogens is 1. The summed E-state index contributed by atoms with van der Waals surface area (Å²) in [5.74, 6) is -0.203. The number of rotatable bonds is 1. The second-order valence-electron chi connectivity index (χ2n) is 3.70. The van der Waals surface area contributed by atoms with Crippen LogP contribution >= 0.6 is 0 Å². The number of hydrogen-bond acceptors (Lipinski definition) is 1. The molecule has 0 amide bonds. The Morgan fingerprint density at radius 2 is 2.07 bits per heavy atom. The van der Waals surface area contributed by atoms with Gasteiger partial charge in [-0.05, 0) is 37.6 Å². The predicted molar refractivity (Wildman–Crippen MR) is 55.6 cm³/mol. The smallest absolute Gasteiger partial charge is 0.124 e. The lowest BCUT2D eigenvalue weighted by molar-refractivity contribution is 0.628. The van der Waals surface area contributed by atoms with E-state index >= 15 is 0 Å². The molecule has 0 saturated carbocycles. The number of nitrogens with one attached hydrogen (secondary N) is 1. The van der Waals surface area contributed by atoms with Gasteiger partial charge in [-0.3, -0.25) is 0 Å². The van der Waals surface area contributed by atoms with Crippen molar-refractivity contribution in [3.8, 4) is 0 Å². The van der Waals surface area contributed by atoms with Gasteiger partial charge < -0.3 is 10.7 Å². The predicted octanol–water partition coefficient (Wildman–Crippen LogP) is 2.64. The minimum absolute atomic E-state index is 0.0511. The van der Waals surface area contributed by atoms with Crippen LogP contribution in [-0.2, 0) is 0 Å². The zero-order chi connectivity index (χ0) is 10.3. The Balaban J connectivity index is 2.70. The van der Waals surface area contributed by atoms with Crippen LogP contribution in [0.25, 0.3) is 10.9 Å². The van der Waals surface area contributed by atoms with E-state index < -0.39 is 0 Å². The van der Waals surface area contributed by atoms with E-state index in [-0.39, 0.29) is 11.9 Å². The Kier molecular flexibility index (Phi) is 2.04. The van der Waals surface area contributed by atoms with Gasteiger partial charge in [-0.1, -0.05) is 0 Å². The van der Waals surface area contributed by atoms with Gasteiger partial charge in [0, 0.05) is 22.6 Å². The molecule has 74 valence electrons. The maximum Gasteiger partial charge on any atom is 0.124 e. The summed E-state index contributed by atoms with van der Waals surface area (Å²) in [4.78, 5) is 3.20. The largest absolute Gasteiger partial charge is 0.357 e. The zero-order valence-corrected chi connectivity index (χ0v) is 8.26. The van der Waals surface area contributed by atoms with Crippen molar-refractivity contribution in [1.29, 1.82) is 0 Å². The second kappa shape index (κ2) is 3.10. The number of aryl methyl sites for hydroxylation is 1. The molecule has 3 N–H and O–H groups in total. The fourth-order valence-corrected chi connectivity index (χ4v) is 1.65. The van der Waals surface area contributed by atoms with E-state index in [2.05, 4.69) is 4.98 Å². The van der Waals surface area contributed by atoms with Crippen LogP contribution in [0.3, 0.4) is 0 Å². The van der Waals surface area contributed by atoms with E-state index in [1.54, 1.807) is 0 Å². The summed E-state index contributed by atoms with van der Waals surface area (Å²) in [7, 11) is 0. The van der Waals surface area contributed by atoms with Gasteiger partial charge in [-0.15, -0.1) is 0 Å². The molecular formula is C11H13FN2. The van der Waals surface area contributed by atoms with Crippen molar-refractivity contribution in [2.24, 2.45) is 5.73 Å². The number of halogens is 1. The van der Waals surface area contributed by atoms with Gasteiger partial charge in [0.15, 0.2) is 0 Å². The Morgan fingerprint density at radius 1 is 1.36 bits per heavy atom. The minimum atomic E-state index is -0.203. The average molecular weight is 192 g/mol. The van der Waals surface area contributed by atoms with Crippen molar-refractivity contribution in [3.05, 3.63) is 35.3 Å². The van der Waals surface area contributed by atoms with Crippen LogP contribution in [0.5, 0.6) is 0 Å². The summed E-state index contributed by atoms with van der Waals surface area (Å²) in [6.45, 7) is 3.78. The highest BCUT2D eigenvalue weighted by Gasteiger charge is 2.07. The second-order valence-corrected chi connectivity index (χ2v) is 3.70. The first-order chi connectivity index (χ1) is 6.58. The molecule has 0 aliphatic rings. The van der Waals surface area contributed by atoms with Gasteiger partial charge in [-0.2, -0.15) is 0 Å². The summed E-state index contributed by atoms with van der Waals surface area (Å²) in [6, 6.07) is 4.88. The first-order valence-electron chi connectivity index (χ1n) is 4.62. The third-order valence-electron chi connectivity index (χ3n) is 2.40.